The van der Waals surface area contributed by atoms with Crippen molar-refractivity contribution in [3.63, 3.8) is 0 Å². The van der Waals surface area contributed by atoms with Gasteiger partial charge in [-0.15, -0.1) is 0 Å². The van der Waals surface area contributed by atoms with Crippen LogP contribution in [-0.4, -0.2) is 15.8 Å². The number of furan rings is 1. The first kappa shape index (κ1) is 18.4. The number of carbonyl (C=O) groups is 1. The van der Waals surface area contributed by atoms with Gasteiger partial charge in [0.2, 0.25) is 0 Å². The Morgan fingerprint density at radius 1 is 1.11 bits per heavy atom. The van der Waals surface area contributed by atoms with Crippen molar-refractivity contribution in [1.29, 1.82) is 0 Å². The van der Waals surface area contributed by atoms with Gasteiger partial charge in [0.15, 0.2) is 10.9 Å². The van der Waals surface area contributed by atoms with Gasteiger partial charge in [0.25, 0.3) is 11.6 Å². The maximum atomic E-state index is 12.4. The van der Waals surface area contributed by atoms with Gasteiger partial charge in [0, 0.05) is 17.7 Å². The molecule has 1 N–H and O–H groups in total. The molecule has 2 aromatic heterocycles. The zero-order valence-corrected chi connectivity index (χ0v) is 16.1. The van der Waals surface area contributed by atoms with Crippen LogP contribution in [0, 0.1) is 10.1 Å². The Kier molecular flexibility index (Phi) is 4.76. The number of nitro groups is 1. The zero-order valence-electron chi connectivity index (χ0n) is 13.8. The lowest BCUT2D eigenvalue weighted by Crippen LogP contribution is -2.10. The summed E-state index contributed by atoms with van der Waals surface area (Å²) < 4.78 is 6.19. The fourth-order valence-electron chi connectivity index (χ4n) is 2.50. The second-order valence-electron chi connectivity index (χ2n) is 5.68. The van der Waals surface area contributed by atoms with E-state index >= 15 is 0 Å². The zero-order chi connectivity index (χ0) is 19.8. The number of aromatic nitrogens is 1. The van der Waals surface area contributed by atoms with Crippen molar-refractivity contribution < 1.29 is 14.1 Å². The highest BCUT2D eigenvalue weighted by atomic mass is 35.5. The number of halogens is 2. The average Bonchev–Trinajstić information content (AvgIpc) is 3.29. The number of nitrogens with zero attached hydrogens (tertiary/aromatic N) is 2. The summed E-state index contributed by atoms with van der Waals surface area (Å²) in [6.07, 6.45) is 0. The van der Waals surface area contributed by atoms with Crippen molar-refractivity contribution in [2.24, 2.45) is 0 Å². The molecule has 0 spiro atoms. The van der Waals surface area contributed by atoms with E-state index in [-0.39, 0.29) is 11.4 Å². The van der Waals surface area contributed by atoms with Crippen LogP contribution in [-0.2, 0) is 0 Å². The van der Waals surface area contributed by atoms with Crippen LogP contribution in [0.25, 0.3) is 21.5 Å². The molecule has 2 heterocycles. The Bertz CT molecular complexity index is 1230. The van der Waals surface area contributed by atoms with E-state index in [1.165, 1.54) is 24.3 Å². The minimum absolute atomic E-state index is 0.0358. The van der Waals surface area contributed by atoms with Gasteiger partial charge in [0.05, 0.1) is 25.2 Å². The van der Waals surface area contributed by atoms with E-state index in [0.29, 0.717) is 36.7 Å². The minimum atomic E-state index is -0.486. The second kappa shape index (κ2) is 7.23. The summed E-state index contributed by atoms with van der Waals surface area (Å²) in [6.45, 7) is 0. The van der Waals surface area contributed by atoms with Crippen LogP contribution in [0.4, 0.5) is 10.8 Å². The van der Waals surface area contributed by atoms with Crippen LogP contribution in [0.1, 0.15) is 10.6 Å². The molecular formula is C18H9Cl2N3O4S. The topological polar surface area (TPSA) is 98.3 Å². The van der Waals surface area contributed by atoms with E-state index in [0.717, 1.165) is 11.3 Å². The summed E-state index contributed by atoms with van der Waals surface area (Å²) in [5.41, 5.74) is 1.20. The van der Waals surface area contributed by atoms with Crippen molar-refractivity contribution in [1.82, 2.24) is 4.98 Å². The molecule has 2 aromatic carbocycles. The fraction of sp³-hybridized carbons (Fsp3) is 0. The molecule has 28 heavy (non-hydrogen) atoms. The van der Waals surface area contributed by atoms with E-state index in [1.807, 2.05) is 0 Å². The quantitative estimate of drug-likeness (QED) is 0.313. The number of rotatable bonds is 4. The highest BCUT2D eigenvalue weighted by Gasteiger charge is 2.16. The molecule has 0 unspecified atom stereocenters. The summed E-state index contributed by atoms with van der Waals surface area (Å²) in [5.74, 6) is 0.0646. The maximum Gasteiger partial charge on any atom is 0.293 e. The number of benzene rings is 2. The lowest BCUT2D eigenvalue weighted by Gasteiger charge is -2.00. The molecule has 0 aliphatic carbocycles. The number of hydrogen-bond acceptors (Lipinski definition) is 6. The smallest absolute Gasteiger partial charge is 0.293 e. The third-order valence-corrected chi connectivity index (χ3v) is 5.51. The lowest BCUT2D eigenvalue weighted by molar-refractivity contribution is -0.384. The van der Waals surface area contributed by atoms with Gasteiger partial charge >= 0.3 is 0 Å². The Morgan fingerprint density at radius 3 is 2.68 bits per heavy atom. The standard InChI is InChI=1S/C18H9Cl2N3O4S/c19-11-3-1-9(7-12(11)20)14-5-6-15(27-14)17(24)22-18-21-13-4-2-10(23(25)26)8-16(13)28-18/h1-8H,(H,21,22,24). The molecule has 0 atom stereocenters. The first-order chi connectivity index (χ1) is 13.4. The van der Waals surface area contributed by atoms with Gasteiger partial charge in [0.1, 0.15) is 5.76 Å². The molecule has 140 valence electrons. The predicted octanol–water partition coefficient (Wildman–Crippen LogP) is 6.02. The van der Waals surface area contributed by atoms with Crippen molar-refractivity contribution >= 4 is 61.5 Å². The molecule has 0 bridgehead atoms. The van der Waals surface area contributed by atoms with Crippen molar-refractivity contribution in [3.8, 4) is 11.3 Å². The van der Waals surface area contributed by atoms with E-state index in [4.69, 9.17) is 27.6 Å². The Balaban J connectivity index is 1.55. The van der Waals surface area contributed by atoms with Crippen molar-refractivity contribution in [2.75, 3.05) is 5.32 Å². The van der Waals surface area contributed by atoms with Gasteiger partial charge in [-0.2, -0.15) is 0 Å². The van der Waals surface area contributed by atoms with Crippen LogP contribution in [0.15, 0.2) is 52.9 Å². The van der Waals surface area contributed by atoms with Gasteiger partial charge in [-0.05, 0) is 36.4 Å². The molecule has 0 aliphatic heterocycles. The SMILES string of the molecule is O=C(Nc1nc2ccc([N+](=O)[O-])cc2s1)c1ccc(-c2ccc(Cl)c(Cl)c2)o1. The van der Waals surface area contributed by atoms with E-state index < -0.39 is 10.8 Å². The van der Waals surface area contributed by atoms with Gasteiger partial charge < -0.3 is 4.42 Å². The van der Waals surface area contributed by atoms with Crippen molar-refractivity contribution in [2.45, 2.75) is 0 Å². The molecule has 4 aromatic rings. The molecule has 0 fully saturated rings. The van der Waals surface area contributed by atoms with Crippen molar-refractivity contribution in [3.05, 3.63) is 74.5 Å². The molecule has 0 saturated heterocycles. The van der Waals surface area contributed by atoms with Gasteiger partial charge in [-0.3, -0.25) is 20.2 Å². The summed E-state index contributed by atoms with van der Waals surface area (Å²) in [6, 6.07) is 12.5. The summed E-state index contributed by atoms with van der Waals surface area (Å²) >= 11 is 13.0. The number of carbonyl (C=O) groups excluding carboxylic acids is 1. The first-order valence-corrected chi connectivity index (χ1v) is 9.39. The normalized spacial score (nSPS) is 10.9. The maximum absolute atomic E-state index is 12.4. The second-order valence-corrected chi connectivity index (χ2v) is 7.52. The van der Waals surface area contributed by atoms with Crippen LogP contribution < -0.4 is 5.32 Å². The number of nitro benzene ring substituents is 1. The Hall–Kier alpha value is -2.94. The molecule has 7 nitrogen and oxygen atoms in total. The predicted molar refractivity (Wildman–Crippen MR) is 108 cm³/mol. The average molecular weight is 434 g/mol. The minimum Gasteiger partial charge on any atom is -0.451 e. The molecule has 0 aliphatic rings. The van der Waals surface area contributed by atoms with Crippen LogP contribution in [0.3, 0.4) is 0 Å². The summed E-state index contributed by atoms with van der Waals surface area (Å²) in [7, 11) is 0. The number of hydrogen-bond donors (Lipinski definition) is 1. The summed E-state index contributed by atoms with van der Waals surface area (Å²) in [4.78, 5) is 27.1. The van der Waals surface area contributed by atoms with Gasteiger partial charge in [-0.25, -0.2) is 4.98 Å². The highest BCUT2D eigenvalue weighted by Crippen LogP contribution is 2.31. The van der Waals surface area contributed by atoms with Crippen LogP contribution in [0.5, 0.6) is 0 Å². The van der Waals surface area contributed by atoms with Crippen LogP contribution in [0.2, 0.25) is 10.0 Å². The molecule has 1 amide bonds. The Labute approximate surface area is 171 Å². The number of anilines is 1. The molecular weight excluding hydrogens is 425 g/mol. The first-order valence-electron chi connectivity index (χ1n) is 7.82. The van der Waals surface area contributed by atoms with E-state index in [1.54, 1.807) is 24.3 Å². The Morgan fingerprint density at radius 2 is 1.93 bits per heavy atom. The molecule has 4 rings (SSSR count). The number of thiazole rings is 1. The highest BCUT2D eigenvalue weighted by molar-refractivity contribution is 7.22. The monoisotopic (exact) mass is 433 g/mol. The van der Waals surface area contributed by atoms with E-state index in [2.05, 4.69) is 10.3 Å². The molecule has 0 saturated carbocycles. The third-order valence-electron chi connectivity index (χ3n) is 3.84. The third kappa shape index (κ3) is 3.57. The molecule has 0 radical (unpaired) electrons. The number of non-ortho nitro benzene ring substituents is 1. The fourth-order valence-corrected chi connectivity index (χ4v) is 3.70. The lowest BCUT2D eigenvalue weighted by atomic mass is 10.2. The van der Waals surface area contributed by atoms with Crippen LogP contribution >= 0.6 is 34.5 Å². The van der Waals surface area contributed by atoms with Gasteiger partial charge in [-0.1, -0.05) is 34.5 Å². The van der Waals surface area contributed by atoms with E-state index in [9.17, 15) is 14.9 Å². The number of nitrogens with one attached hydrogen (secondary N) is 1. The summed E-state index contributed by atoms with van der Waals surface area (Å²) in [5, 5.41) is 14.6. The molecule has 10 heteroatoms. The largest absolute Gasteiger partial charge is 0.451 e. The number of fused-ring (bicyclic) bond motifs is 1. The number of amides is 1.